The second-order valence-corrected chi connectivity index (χ2v) is 4.70. The van der Waals surface area contributed by atoms with Gasteiger partial charge in [-0.1, -0.05) is 17.7 Å². The smallest absolute Gasteiger partial charge is 0.128 e. The molecule has 3 N–H and O–H groups in total. The van der Waals surface area contributed by atoms with Gasteiger partial charge in [0.1, 0.15) is 11.6 Å². The summed E-state index contributed by atoms with van der Waals surface area (Å²) in [5.41, 5.74) is 4.25. The lowest BCUT2D eigenvalue weighted by atomic mass is 9.95. The molecule has 0 bridgehead atoms. The van der Waals surface area contributed by atoms with Crippen molar-refractivity contribution in [1.82, 2.24) is 5.43 Å². The van der Waals surface area contributed by atoms with Crippen LogP contribution in [0.5, 0.6) is 0 Å². The first-order valence-corrected chi connectivity index (χ1v) is 6.08. The van der Waals surface area contributed by atoms with Crippen LogP contribution >= 0.6 is 11.6 Å². The fraction of sp³-hybridized carbons (Fsp3) is 0.143. The van der Waals surface area contributed by atoms with E-state index in [4.69, 9.17) is 17.4 Å². The van der Waals surface area contributed by atoms with Crippen molar-refractivity contribution in [2.24, 2.45) is 5.84 Å². The minimum atomic E-state index is -0.584. The van der Waals surface area contributed by atoms with Crippen LogP contribution in [0.15, 0.2) is 36.4 Å². The molecule has 0 fully saturated rings. The molecule has 0 saturated carbocycles. The first-order chi connectivity index (χ1) is 9.02. The number of halogens is 3. The van der Waals surface area contributed by atoms with E-state index in [1.54, 1.807) is 13.0 Å². The first-order valence-electron chi connectivity index (χ1n) is 5.70. The van der Waals surface area contributed by atoms with E-state index >= 15 is 0 Å². The molecular formula is C14H13ClF2N2. The van der Waals surface area contributed by atoms with Gasteiger partial charge >= 0.3 is 0 Å². The van der Waals surface area contributed by atoms with Crippen molar-refractivity contribution in [2.45, 2.75) is 13.0 Å². The Bertz CT molecular complexity index is 602. The van der Waals surface area contributed by atoms with Crippen molar-refractivity contribution in [1.29, 1.82) is 0 Å². The van der Waals surface area contributed by atoms with Crippen molar-refractivity contribution in [3.63, 3.8) is 0 Å². The molecule has 2 rings (SSSR count). The summed E-state index contributed by atoms with van der Waals surface area (Å²) in [6, 6.07) is 7.93. The SMILES string of the molecule is Cc1cc(F)ccc1C(NN)c1cc(Cl)ccc1F. The maximum atomic E-state index is 13.9. The van der Waals surface area contributed by atoms with Crippen LogP contribution in [0, 0.1) is 18.6 Å². The van der Waals surface area contributed by atoms with Gasteiger partial charge in [-0.05, 0) is 48.4 Å². The van der Waals surface area contributed by atoms with Gasteiger partial charge in [0.05, 0.1) is 6.04 Å². The van der Waals surface area contributed by atoms with E-state index < -0.39 is 11.9 Å². The number of nitrogens with two attached hydrogens (primary N) is 1. The summed E-state index contributed by atoms with van der Waals surface area (Å²) >= 11 is 5.88. The molecule has 1 unspecified atom stereocenters. The van der Waals surface area contributed by atoms with E-state index in [9.17, 15) is 8.78 Å². The molecule has 2 aromatic rings. The standard InChI is InChI=1S/C14H13ClF2N2/c1-8-6-10(16)3-4-11(8)14(19-18)12-7-9(15)2-5-13(12)17/h2-7,14,19H,18H2,1H3. The molecule has 1 atom stereocenters. The van der Waals surface area contributed by atoms with Gasteiger partial charge in [0.2, 0.25) is 0 Å². The van der Waals surface area contributed by atoms with Crippen LogP contribution in [-0.2, 0) is 0 Å². The van der Waals surface area contributed by atoms with Gasteiger partial charge in [0.25, 0.3) is 0 Å². The van der Waals surface area contributed by atoms with Gasteiger partial charge in [0.15, 0.2) is 0 Å². The van der Waals surface area contributed by atoms with Crippen molar-refractivity contribution < 1.29 is 8.78 Å². The van der Waals surface area contributed by atoms with Crippen LogP contribution in [0.25, 0.3) is 0 Å². The molecule has 0 aliphatic heterocycles. The zero-order valence-electron chi connectivity index (χ0n) is 10.3. The number of nitrogens with one attached hydrogen (secondary N) is 1. The summed E-state index contributed by atoms with van der Waals surface area (Å²) in [4.78, 5) is 0. The third-order valence-corrected chi connectivity index (χ3v) is 3.21. The summed E-state index contributed by atoms with van der Waals surface area (Å²) in [5, 5.41) is 0.413. The Morgan fingerprint density at radius 1 is 1.11 bits per heavy atom. The maximum Gasteiger partial charge on any atom is 0.128 e. The quantitative estimate of drug-likeness (QED) is 0.668. The molecule has 0 radical (unpaired) electrons. The van der Waals surface area contributed by atoms with E-state index in [1.165, 1.54) is 30.3 Å². The number of hydrogen-bond acceptors (Lipinski definition) is 2. The molecule has 0 aliphatic rings. The Balaban J connectivity index is 2.52. The average molecular weight is 283 g/mol. The van der Waals surface area contributed by atoms with Crippen LogP contribution in [0.3, 0.4) is 0 Å². The van der Waals surface area contributed by atoms with Gasteiger partial charge in [-0.2, -0.15) is 0 Å². The Morgan fingerprint density at radius 3 is 2.47 bits per heavy atom. The largest absolute Gasteiger partial charge is 0.271 e. The molecule has 19 heavy (non-hydrogen) atoms. The summed E-state index contributed by atoms with van der Waals surface area (Å²) in [6.07, 6.45) is 0. The summed E-state index contributed by atoms with van der Waals surface area (Å²) in [6.45, 7) is 1.74. The first kappa shape index (κ1) is 13.9. The van der Waals surface area contributed by atoms with Crippen LogP contribution in [0.1, 0.15) is 22.7 Å². The summed E-state index contributed by atoms with van der Waals surface area (Å²) < 4.78 is 27.0. The Morgan fingerprint density at radius 2 is 1.84 bits per heavy atom. The minimum Gasteiger partial charge on any atom is -0.271 e. The summed E-state index contributed by atoms with van der Waals surface area (Å²) in [5.74, 6) is 4.75. The lowest BCUT2D eigenvalue weighted by Crippen LogP contribution is -2.30. The van der Waals surface area contributed by atoms with Gasteiger partial charge in [-0.25, -0.2) is 14.2 Å². The molecule has 0 amide bonds. The van der Waals surface area contributed by atoms with Crippen LogP contribution in [0.4, 0.5) is 8.78 Å². The average Bonchev–Trinajstić information content (AvgIpc) is 2.36. The van der Waals surface area contributed by atoms with E-state index in [2.05, 4.69) is 5.43 Å². The van der Waals surface area contributed by atoms with Crippen molar-refractivity contribution >= 4 is 11.6 Å². The van der Waals surface area contributed by atoms with Crippen molar-refractivity contribution in [2.75, 3.05) is 0 Å². The second kappa shape index (κ2) is 5.65. The fourth-order valence-corrected chi connectivity index (χ4v) is 2.23. The van der Waals surface area contributed by atoms with Gasteiger partial charge in [0, 0.05) is 10.6 Å². The molecule has 0 aliphatic carbocycles. The maximum absolute atomic E-state index is 13.9. The van der Waals surface area contributed by atoms with Crippen molar-refractivity contribution in [3.8, 4) is 0 Å². The summed E-state index contributed by atoms with van der Waals surface area (Å²) in [7, 11) is 0. The lowest BCUT2D eigenvalue weighted by molar-refractivity contribution is 0.557. The predicted molar refractivity (Wildman–Crippen MR) is 71.7 cm³/mol. The Labute approximate surface area is 115 Å². The zero-order chi connectivity index (χ0) is 14.0. The number of benzene rings is 2. The highest BCUT2D eigenvalue weighted by atomic mass is 35.5. The van der Waals surface area contributed by atoms with Crippen molar-refractivity contribution in [3.05, 3.63) is 69.7 Å². The number of aryl methyl sites for hydroxylation is 1. The van der Waals surface area contributed by atoms with Crippen LogP contribution < -0.4 is 11.3 Å². The minimum absolute atomic E-state index is 0.324. The lowest BCUT2D eigenvalue weighted by Gasteiger charge is -2.20. The van der Waals surface area contributed by atoms with E-state index in [0.717, 1.165) is 0 Å². The second-order valence-electron chi connectivity index (χ2n) is 4.27. The van der Waals surface area contributed by atoms with Crippen LogP contribution in [0.2, 0.25) is 5.02 Å². The third kappa shape index (κ3) is 2.92. The highest BCUT2D eigenvalue weighted by Crippen LogP contribution is 2.28. The molecule has 0 saturated heterocycles. The number of rotatable bonds is 3. The molecule has 2 nitrogen and oxygen atoms in total. The number of hydrazine groups is 1. The van der Waals surface area contributed by atoms with Gasteiger partial charge < -0.3 is 0 Å². The van der Waals surface area contributed by atoms with E-state index in [-0.39, 0.29) is 5.82 Å². The Hall–Kier alpha value is -1.49. The molecule has 0 heterocycles. The zero-order valence-corrected chi connectivity index (χ0v) is 11.0. The molecule has 0 spiro atoms. The Kier molecular flexibility index (Phi) is 4.14. The molecular weight excluding hydrogens is 270 g/mol. The molecule has 0 aromatic heterocycles. The van der Waals surface area contributed by atoms with Crippen LogP contribution in [-0.4, -0.2) is 0 Å². The van der Waals surface area contributed by atoms with Gasteiger partial charge in [-0.15, -0.1) is 0 Å². The highest BCUT2D eigenvalue weighted by molar-refractivity contribution is 6.30. The fourth-order valence-electron chi connectivity index (χ4n) is 2.05. The highest BCUT2D eigenvalue weighted by Gasteiger charge is 2.19. The topological polar surface area (TPSA) is 38.0 Å². The van der Waals surface area contributed by atoms with E-state index in [1.807, 2.05) is 0 Å². The molecule has 100 valence electrons. The predicted octanol–water partition coefficient (Wildman–Crippen LogP) is 3.48. The number of hydrogen-bond donors (Lipinski definition) is 2. The van der Waals surface area contributed by atoms with E-state index in [0.29, 0.717) is 21.7 Å². The normalized spacial score (nSPS) is 12.5. The molecule has 5 heteroatoms. The third-order valence-electron chi connectivity index (χ3n) is 2.98. The monoisotopic (exact) mass is 282 g/mol. The molecule has 2 aromatic carbocycles. The van der Waals surface area contributed by atoms with Gasteiger partial charge in [-0.3, -0.25) is 5.84 Å².